The van der Waals surface area contributed by atoms with Gasteiger partial charge in [-0.15, -0.1) is 0 Å². The van der Waals surface area contributed by atoms with Crippen LogP contribution in [0.4, 0.5) is 5.69 Å². The molecule has 2 nitrogen and oxygen atoms in total. The average Bonchev–Trinajstić information content (AvgIpc) is 2.73. The van der Waals surface area contributed by atoms with Crippen molar-refractivity contribution < 1.29 is 0 Å². The maximum Gasteiger partial charge on any atom is 0.0376 e. The molecule has 0 aromatic heterocycles. The van der Waals surface area contributed by atoms with Gasteiger partial charge in [-0.25, -0.2) is 0 Å². The molecule has 1 aliphatic rings. The van der Waals surface area contributed by atoms with Gasteiger partial charge in [-0.3, -0.25) is 0 Å². The van der Waals surface area contributed by atoms with Crippen molar-refractivity contribution in [2.45, 2.75) is 33.1 Å². The molecule has 0 bridgehead atoms. The van der Waals surface area contributed by atoms with Crippen LogP contribution in [0.1, 0.15) is 38.7 Å². The number of anilines is 1. The van der Waals surface area contributed by atoms with E-state index in [2.05, 4.69) is 55.7 Å². The lowest BCUT2D eigenvalue weighted by atomic mass is 9.90. The van der Waals surface area contributed by atoms with Crippen LogP contribution in [0, 0.1) is 5.41 Å². The van der Waals surface area contributed by atoms with Crippen LogP contribution in [0.2, 0.25) is 0 Å². The number of para-hydroxylation sites is 1. The van der Waals surface area contributed by atoms with E-state index in [-0.39, 0.29) is 0 Å². The van der Waals surface area contributed by atoms with Crippen molar-refractivity contribution in [3.63, 3.8) is 0 Å². The van der Waals surface area contributed by atoms with Crippen LogP contribution in [0.5, 0.6) is 0 Å². The maximum absolute atomic E-state index is 3.62. The molecule has 1 heterocycles. The summed E-state index contributed by atoms with van der Waals surface area (Å²) < 4.78 is 0. The smallest absolute Gasteiger partial charge is 0.0376 e. The van der Waals surface area contributed by atoms with E-state index in [1.165, 1.54) is 17.7 Å². The van der Waals surface area contributed by atoms with E-state index in [4.69, 9.17) is 0 Å². The van der Waals surface area contributed by atoms with Gasteiger partial charge < -0.3 is 10.6 Å². The molecule has 1 aromatic rings. The highest BCUT2D eigenvalue weighted by molar-refractivity contribution is 5.57. The lowest BCUT2D eigenvalue weighted by Crippen LogP contribution is -2.32. The molecule has 0 saturated heterocycles. The van der Waals surface area contributed by atoms with E-state index in [1.807, 2.05) is 0 Å². The third kappa shape index (κ3) is 3.01. The third-order valence-electron chi connectivity index (χ3n) is 3.89. The molecule has 1 unspecified atom stereocenters. The summed E-state index contributed by atoms with van der Waals surface area (Å²) in [6.07, 6.45) is 1.22. The highest BCUT2D eigenvalue weighted by atomic mass is 14.9. The second-order valence-electron chi connectivity index (χ2n) is 5.81. The van der Waals surface area contributed by atoms with Gasteiger partial charge in [0.15, 0.2) is 0 Å². The Morgan fingerprint density at radius 1 is 1.35 bits per heavy atom. The highest BCUT2D eigenvalue weighted by Gasteiger charge is 2.22. The van der Waals surface area contributed by atoms with Gasteiger partial charge >= 0.3 is 0 Å². The van der Waals surface area contributed by atoms with Crippen molar-refractivity contribution in [3.05, 3.63) is 29.8 Å². The molecule has 2 heteroatoms. The largest absolute Gasteiger partial charge is 0.384 e. The summed E-state index contributed by atoms with van der Waals surface area (Å²) >= 11 is 0. The summed E-state index contributed by atoms with van der Waals surface area (Å²) in [5.41, 5.74) is 3.19. The van der Waals surface area contributed by atoms with E-state index < -0.39 is 0 Å². The number of fused-ring (bicyclic) bond motifs is 1. The molecular weight excluding hydrogens is 208 g/mol. The maximum atomic E-state index is 3.62. The molecule has 0 saturated carbocycles. The molecule has 2 rings (SSSR count). The summed E-state index contributed by atoms with van der Waals surface area (Å²) in [5.74, 6) is 0.624. The fourth-order valence-corrected chi connectivity index (χ4v) is 2.25. The molecule has 2 N–H and O–H groups in total. The molecule has 1 aromatic carbocycles. The molecule has 1 aliphatic heterocycles. The van der Waals surface area contributed by atoms with Gasteiger partial charge in [0.1, 0.15) is 0 Å². The standard InChI is InChI=1S/C15H24N2/c1-4-15(2,3)11-16-9-12-10-17-14-8-6-5-7-13(12)14/h5-8,12,16-17H,4,9-11H2,1-3H3. The summed E-state index contributed by atoms with van der Waals surface area (Å²) in [6, 6.07) is 8.65. The van der Waals surface area contributed by atoms with Gasteiger partial charge in [0.05, 0.1) is 0 Å². The number of hydrogen-bond donors (Lipinski definition) is 2. The first-order chi connectivity index (χ1) is 8.12. The van der Waals surface area contributed by atoms with E-state index >= 15 is 0 Å². The van der Waals surface area contributed by atoms with Crippen molar-refractivity contribution in [1.29, 1.82) is 0 Å². The van der Waals surface area contributed by atoms with Crippen LogP contribution in [-0.4, -0.2) is 19.6 Å². The van der Waals surface area contributed by atoms with Gasteiger partial charge in [0.2, 0.25) is 0 Å². The summed E-state index contributed by atoms with van der Waals surface area (Å²) in [7, 11) is 0. The normalized spacial score (nSPS) is 18.9. The van der Waals surface area contributed by atoms with Gasteiger partial charge in [-0.05, 0) is 23.5 Å². The van der Waals surface area contributed by atoms with Crippen LogP contribution in [-0.2, 0) is 0 Å². The van der Waals surface area contributed by atoms with Crippen LogP contribution in [0.3, 0.4) is 0 Å². The lowest BCUT2D eigenvalue weighted by Gasteiger charge is -2.24. The van der Waals surface area contributed by atoms with Gasteiger partial charge in [0, 0.05) is 31.2 Å². The molecule has 94 valence electrons. The Labute approximate surface area is 105 Å². The van der Waals surface area contributed by atoms with Gasteiger partial charge in [0.25, 0.3) is 0 Å². The minimum atomic E-state index is 0.408. The highest BCUT2D eigenvalue weighted by Crippen LogP contribution is 2.30. The van der Waals surface area contributed by atoms with Gasteiger partial charge in [-0.1, -0.05) is 39.0 Å². The quantitative estimate of drug-likeness (QED) is 0.814. The zero-order valence-electron chi connectivity index (χ0n) is 11.2. The topological polar surface area (TPSA) is 24.1 Å². The van der Waals surface area contributed by atoms with E-state index in [0.717, 1.165) is 19.6 Å². The Hall–Kier alpha value is -1.02. The Kier molecular flexibility index (Phi) is 3.72. The molecule has 1 atom stereocenters. The van der Waals surface area contributed by atoms with Crippen molar-refractivity contribution >= 4 is 5.69 Å². The number of nitrogens with one attached hydrogen (secondary N) is 2. The first-order valence-corrected chi connectivity index (χ1v) is 6.66. The minimum Gasteiger partial charge on any atom is -0.384 e. The van der Waals surface area contributed by atoms with Crippen molar-refractivity contribution in [2.24, 2.45) is 5.41 Å². The van der Waals surface area contributed by atoms with E-state index in [0.29, 0.717) is 11.3 Å². The summed E-state index contributed by atoms with van der Waals surface area (Å²) in [4.78, 5) is 0. The SMILES string of the molecule is CCC(C)(C)CNCC1CNc2ccccc21. The second-order valence-corrected chi connectivity index (χ2v) is 5.81. The van der Waals surface area contributed by atoms with Crippen LogP contribution in [0.15, 0.2) is 24.3 Å². The first-order valence-electron chi connectivity index (χ1n) is 6.66. The Balaban J connectivity index is 1.86. The number of benzene rings is 1. The molecular formula is C15H24N2. The third-order valence-corrected chi connectivity index (χ3v) is 3.89. The average molecular weight is 232 g/mol. The monoisotopic (exact) mass is 232 g/mol. The second kappa shape index (κ2) is 5.09. The van der Waals surface area contributed by atoms with Crippen LogP contribution in [0.25, 0.3) is 0 Å². The minimum absolute atomic E-state index is 0.408. The molecule has 0 spiro atoms. The van der Waals surface area contributed by atoms with Crippen molar-refractivity contribution in [1.82, 2.24) is 5.32 Å². The molecule has 0 fully saturated rings. The molecule has 0 aliphatic carbocycles. The van der Waals surface area contributed by atoms with Crippen LogP contribution < -0.4 is 10.6 Å². The lowest BCUT2D eigenvalue weighted by molar-refractivity contribution is 0.326. The zero-order chi connectivity index (χ0) is 12.3. The first kappa shape index (κ1) is 12.4. The molecule has 17 heavy (non-hydrogen) atoms. The number of rotatable bonds is 5. The van der Waals surface area contributed by atoms with Gasteiger partial charge in [-0.2, -0.15) is 0 Å². The number of hydrogen-bond acceptors (Lipinski definition) is 2. The Morgan fingerprint density at radius 3 is 2.88 bits per heavy atom. The molecule has 0 amide bonds. The Bertz CT molecular complexity index is 371. The zero-order valence-corrected chi connectivity index (χ0v) is 11.2. The van der Waals surface area contributed by atoms with E-state index in [1.54, 1.807) is 0 Å². The Morgan fingerprint density at radius 2 is 2.12 bits per heavy atom. The molecule has 0 radical (unpaired) electrons. The van der Waals surface area contributed by atoms with Crippen molar-refractivity contribution in [3.8, 4) is 0 Å². The predicted octanol–water partition coefficient (Wildman–Crippen LogP) is 3.22. The summed E-state index contributed by atoms with van der Waals surface area (Å²) in [5, 5.41) is 7.09. The fraction of sp³-hybridized carbons (Fsp3) is 0.600. The van der Waals surface area contributed by atoms with E-state index in [9.17, 15) is 0 Å². The van der Waals surface area contributed by atoms with Crippen molar-refractivity contribution in [2.75, 3.05) is 25.0 Å². The fourth-order valence-electron chi connectivity index (χ4n) is 2.25. The summed E-state index contributed by atoms with van der Waals surface area (Å²) in [6.45, 7) is 10.1. The predicted molar refractivity (Wildman–Crippen MR) is 74.6 cm³/mol. The van der Waals surface area contributed by atoms with Crippen LogP contribution >= 0.6 is 0 Å².